The van der Waals surface area contributed by atoms with E-state index < -0.39 is 10.0 Å². The molecule has 21 heavy (non-hydrogen) atoms. The average Bonchev–Trinajstić information content (AvgIpc) is 3.09. The van der Waals surface area contributed by atoms with Gasteiger partial charge < -0.3 is 10.1 Å². The minimum absolute atomic E-state index is 0.315. The normalized spacial score (nSPS) is 20.2. The van der Waals surface area contributed by atoms with Crippen molar-refractivity contribution in [3.63, 3.8) is 0 Å². The second-order valence-electron chi connectivity index (χ2n) is 5.37. The Balaban J connectivity index is 2.00. The van der Waals surface area contributed by atoms with E-state index in [-0.39, 0.29) is 0 Å². The third kappa shape index (κ3) is 4.26. The molecular weight excluding hydrogens is 308 g/mol. The van der Waals surface area contributed by atoms with E-state index in [1.807, 2.05) is 6.07 Å². The average molecular weight is 332 g/mol. The van der Waals surface area contributed by atoms with E-state index in [0.717, 1.165) is 30.8 Å². The summed E-state index contributed by atoms with van der Waals surface area (Å²) in [6, 6.07) is 3.63. The standard InChI is InChI=1S/C14H24N2O3S2/c1-3-7-15-9-13-4-5-14(20-13)21(17,18)16-8-6-12(10-16)11-19-2/h4-5,12,15H,3,6-11H2,1-2H3. The first-order chi connectivity index (χ1) is 10.1. The fraction of sp³-hybridized carbons (Fsp3) is 0.714. The van der Waals surface area contributed by atoms with Crippen molar-refractivity contribution in [2.75, 3.05) is 33.4 Å². The lowest BCUT2D eigenvalue weighted by Gasteiger charge is -2.15. The van der Waals surface area contributed by atoms with Gasteiger partial charge in [-0.15, -0.1) is 11.3 Å². The van der Waals surface area contributed by atoms with Crippen molar-refractivity contribution in [3.8, 4) is 0 Å². The van der Waals surface area contributed by atoms with Gasteiger partial charge in [0, 0.05) is 31.6 Å². The van der Waals surface area contributed by atoms with Crippen LogP contribution >= 0.6 is 11.3 Å². The van der Waals surface area contributed by atoms with E-state index in [2.05, 4.69) is 12.2 Å². The van der Waals surface area contributed by atoms with E-state index in [1.54, 1.807) is 17.5 Å². The van der Waals surface area contributed by atoms with Gasteiger partial charge in [-0.2, -0.15) is 4.31 Å². The van der Waals surface area contributed by atoms with Gasteiger partial charge in [-0.3, -0.25) is 0 Å². The molecule has 1 saturated heterocycles. The summed E-state index contributed by atoms with van der Waals surface area (Å²) in [5, 5.41) is 3.29. The lowest BCUT2D eigenvalue weighted by molar-refractivity contribution is 0.157. The molecule has 1 unspecified atom stereocenters. The smallest absolute Gasteiger partial charge is 0.252 e. The number of hydrogen-bond donors (Lipinski definition) is 1. The topological polar surface area (TPSA) is 58.6 Å². The largest absolute Gasteiger partial charge is 0.384 e. The molecule has 1 aliphatic heterocycles. The molecule has 1 aliphatic rings. The van der Waals surface area contributed by atoms with Gasteiger partial charge in [0.05, 0.1) is 6.61 Å². The van der Waals surface area contributed by atoms with E-state index in [9.17, 15) is 8.42 Å². The molecule has 0 saturated carbocycles. The number of ether oxygens (including phenoxy) is 1. The van der Waals surface area contributed by atoms with Crippen LogP contribution in [-0.2, 0) is 21.3 Å². The van der Waals surface area contributed by atoms with Gasteiger partial charge in [-0.1, -0.05) is 6.92 Å². The highest BCUT2D eigenvalue weighted by atomic mass is 32.2. The maximum atomic E-state index is 12.6. The summed E-state index contributed by atoms with van der Waals surface area (Å²) in [7, 11) is -1.67. The Bertz CT molecular complexity index is 542. The Morgan fingerprint density at radius 2 is 2.29 bits per heavy atom. The monoisotopic (exact) mass is 332 g/mol. The highest BCUT2D eigenvalue weighted by Crippen LogP contribution is 2.29. The minimum Gasteiger partial charge on any atom is -0.384 e. The summed E-state index contributed by atoms with van der Waals surface area (Å²) in [4.78, 5) is 1.06. The third-order valence-corrected chi connectivity index (χ3v) is 7.03. The molecule has 0 aliphatic carbocycles. The fourth-order valence-electron chi connectivity index (χ4n) is 2.49. The molecule has 0 aromatic carbocycles. The number of hydrogen-bond acceptors (Lipinski definition) is 5. The van der Waals surface area contributed by atoms with Crippen molar-refractivity contribution in [3.05, 3.63) is 17.0 Å². The van der Waals surface area contributed by atoms with Crippen LogP contribution in [0.1, 0.15) is 24.6 Å². The lowest BCUT2D eigenvalue weighted by atomic mass is 10.1. The molecule has 120 valence electrons. The van der Waals surface area contributed by atoms with Gasteiger partial charge in [0.2, 0.25) is 0 Å². The van der Waals surface area contributed by atoms with Crippen LogP contribution in [0.25, 0.3) is 0 Å². The molecule has 0 bridgehead atoms. The van der Waals surface area contributed by atoms with Gasteiger partial charge in [0.25, 0.3) is 10.0 Å². The molecule has 7 heteroatoms. The van der Waals surface area contributed by atoms with Crippen LogP contribution in [0.5, 0.6) is 0 Å². The Hall–Kier alpha value is -0.470. The minimum atomic E-state index is -3.33. The number of sulfonamides is 1. The van der Waals surface area contributed by atoms with Crippen molar-refractivity contribution >= 4 is 21.4 Å². The molecule has 5 nitrogen and oxygen atoms in total. The molecule has 1 N–H and O–H groups in total. The number of nitrogens with zero attached hydrogens (tertiary/aromatic N) is 1. The molecule has 0 radical (unpaired) electrons. The summed E-state index contributed by atoms with van der Waals surface area (Å²) in [6.45, 7) is 5.59. The summed E-state index contributed by atoms with van der Waals surface area (Å²) in [5.74, 6) is 0.315. The van der Waals surface area contributed by atoms with Crippen molar-refractivity contribution < 1.29 is 13.2 Å². The molecule has 1 atom stereocenters. The van der Waals surface area contributed by atoms with E-state index >= 15 is 0 Å². The van der Waals surface area contributed by atoms with Gasteiger partial charge in [-0.25, -0.2) is 8.42 Å². The SMILES string of the molecule is CCCNCc1ccc(S(=O)(=O)N2CCC(COC)C2)s1. The summed E-state index contributed by atoms with van der Waals surface area (Å²) in [5.41, 5.74) is 0. The third-order valence-electron chi connectivity index (χ3n) is 3.61. The van der Waals surface area contributed by atoms with Gasteiger partial charge in [0.15, 0.2) is 0 Å². The molecule has 1 aromatic heterocycles. The Morgan fingerprint density at radius 1 is 1.48 bits per heavy atom. The van der Waals surface area contributed by atoms with Gasteiger partial charge >= 0.3 is 0 Å². The van der Waals surface area contributed by atoms with Crippen molar-refractivity contribution in [2.45, 2.75) is 30.5 Å². The summed E-state index contributed by atoms with van der Waals surface area (Å²) >= 11 is 1.37. The lowest BCUT2D eigenvalue weighted by Crippen LogP contribution is -2.28. The Kier molecular flexibility index (Phi) is 6.19. The summed E-state index contributed by atoms with van der Waals surface area (Å²) in [6.07, 6.45) is 1.95. The predicted octanol–water partition coefficient (Wildman–Crippen LogP) is 1.90. The van der Waals surface area contributed by atoms with Crippen LogP contribution < -0.4 is 5.32 Å². The molecule has 2 heterocycles. The summed E-state index contributed by atoms with van der Waals surface area (Å²) < 4.78 is 32.4. The molecule has 0 amide bonds. The first kappa shape index (κ1) is 16.9. The number of thiophene rings is 1. The quantitative estimate of drug-likeness (QED) is 0.739. The molecular formula is C14H24N2O3S2. The van der Waals surface area contributed by atoms with Crippen molar-refractivity contribution in [2.24, 2.45) is 5.92 Å². The van der Waals surface area contributed by atoms with Gasteiger partial charge in [-0.05, 0) is 37.4 Å². The van der Waals surface area contributed by atoms with E-state index in [0.29, 0.717) is 29.8 Å². The maximum absolute atomic E-state index is 12.6. The first-order valence-corrected chi connectivity index (χ1v) is 9.62. The molecule has 2 rings (SSSR count). The second-order valence-corrected chi connectivity index (χ2v) is 8.70. The fourth-order valence-corrected chi connectivity index (χ4v) is 5.51. The van der Waals surface area contributed by atoms with Crippen LogP contribution in [0.2, 0.25) is 0 Å². The van der Waals surface area contributed by atoms with Crippen LogP contribution in [0, 0.1) is 5.92 Å². The highest BCUT2D eigenvalue weighted by molar-refractivity contribution is 7.91. The van der Waals surface area contributed by atoms with Crippen molar-refractivity contribution in [1.29, 1.82) is 0 Å². The highest BCUT2D eigenvalue weighted by Gasteiger charge is 2.33. The van der Waals surface area contributed by atoms with Gasteiger partial charge in [0.1, 0.15) is 4.21 Å². The van der Waals surface area contributed by atoms with Crippen LogP contribution in [0.15, 0.2) is 16.3 Å². The number of methoxy groups -OCH3 is 1. The maximum Gasteiger partial charge on any atom is 0.252 e. The molecule has 0 spiro atoms. The predicted molar refractivity (Wildman–Crippen MR) is 85.1 cm³/mol. The first-order valence-electron chi connectivity index (χ1n) is 7.36. The zero-order chi connectivity index (χ0) is 15.3. The molecule has 1 fully saturated rings. The Labute approximate surface area is 131 Å². The van der Waals surface area contributed by atoms with Crippen LogP contribution in [0.3, 0.4) is 0 Å². The Morgan fingerprint density at radius 3 is 3.00 bits per heavy atom. The zero-order valence-corrected chi connectivity index (χ0v) is 14.3. The molecule has 1 aromatic rings. The van der Waals surface area contributed by atoms with E-state index in [4.69, 9.17) is 4.74 Å². The van der Waals surface area contributed by atoms with Crippen LogP contribution in [0.4, 0.5) is 0 Å². The second kappa shape index (κ2) is 7.69. The van der Waals surface area contributed by atoms with Crippen LogP contribution in [-0.4, -0.2) is 46.1 Å². The number of rotatable bonds is 8. The van der Waals surface area contributed by atoms with E-state index in [1.165, 1.54) is 11.3 Å². The number of nitrogens with one attached hydrogen (secondary N) is 1. The van der Waals surface area contributed by atoms with Crippen molar-refractivity contribution in [1.82, 2.24) is 9.62 Å². The zero-order valence-electron chi connectivity index (χ0n) is 12.7.